The number of hydrogen-bond acceptors (Lipinski definition) is 5. The molecule has 0 aliphatic carbocycles. The van der Waals surface area contributed by atoms with Gasteiger partial charge in [-0.05, 0) is 12.5 Å². The average molecular weight is 316 g/mol. The Morgan fingerprint density at radius 2 is 1.91 bits per heavy atom. The molecule has 0 radical (unpaired) electrons. The van der Waals surface area contributed by atoms with E-state index in [1.807, 2.05) is 30.3 Å². The number of aromatic nitrogens is 2. The van der Waals surface area contributed by atoms with Crippen LogP contribution < -0.4 is 0 Å². The SMILES string of the molecule is CCOC(=O)Cn1ccnc1CCC(=O)OCc1ccccc1. The topological polar surface area (TPSA) is 70.4 Å². The second-order valence-electron chi connectivity index (χ2n) is 4.92. The van der Waals surface area contributed by atoms with E-state index in [4.69, 9.17) is 9.47 Å². The van der Waals surface area contributed by atoms with Gasteiger partial charge in [0.25, 0.3) is 0 Å². The Labute approximate surface area is 135 Å². The molecular weight excluding hydrogens is 296 g/mol. The van der Waals surface area contributed by atoms with Crippen LogP contribution >= 0.6 is 0 Å². The highest BCUT2D eigenvalue weighted by atomic mass is 16.5. The van der Waals surface area contributed by atoms with E-state index in [0.717, 1.165) is 5.56 Å². The first kappa shape index (κ1) is 16.7. The van der Waals surface area contributed by atoms with Crippen LogP contribution in [0, 0.1) is 0 Å². The van der Waals surface area contributed by atoms with E-state index in [1.54, 1.807) is 23.9 Å². The minimum Gasteiger partial charge on any atom is -0.465 e. The zero-order valence-corrected chi connectivity index (χ0v) is 13.1. The Kier molecular flexibility index (Phi) is 6.35. The number of carbonyl (C=O) groups is 2. The monoisotopic (exact) mass is 316 g/mol. The minimum atomic E-state index is -0.321. The Morgan fingerprint density at radius 3 is 2.65 bits per heavy atom. The molecular formula is C17H20N2O4. The molecule has 6 nitrogen and oxygen atoms in total. The second kappa shape index (κ2) is 8.73. The molecule has 0 aliphatic heterocycles. The molecule has 0 spiro atoms. The van der Waals surface area contributed by atoms with Crippen LogP contribution in [0.2, 0.25) is 0 Å². The number of carbonyl (C=O) groups excluding carboxylic acids is 2. The number of nitrogens with zero attached hydrogens (tertiary/aromatic N) is 2. The van der Waals surface area contributed by atoms with E-state index < -0.39 is 0 Å². The van der Waals surface area contributed by atoms with Crippen molar-refractivity contribution in [1.29, 1.82) is 0 Å². The zero-order valence-electron chi connectivity index (χ0n) is 13.1. The smallest absolute Gasteiger partial charge is 0.325 e. The van der Waals surface area contributed by atoms with Gasteiger partial charge < -0.3 is 14.0 Å². The summed E-state index contributed by atoms with van der Waals surface area (Å²) in [6.07, 6.45) is 3.93. The highest BCUT2D eigenvalue weighted by molar-refractivity contribution is 5.70. The maximum absolute atomic E-state index is 11.8. The number of hydrogen-bond donors (Lipinski definition) is 0. The number of esters is 2. The first-order valence-corrected chi connectivity index (χ1v) is 7.54. The summed E-state index contributed by atoms with van der Waals surface area (Å²) < 4.78 is 11.8. The predicted octanol–water partition coefficient (Wildman–Crippen LogP) is 2.12. The van der Waals surface area contributed by atoms with Gasteiger partial charge in [-0.2, -0.15) is 0 Å². The van der Waals surface area contributed by atoms with Crippen molar-refractivity contribution in [3.05, 3.63) is 54.1 Å². The van der Waals surface area contributed by atoms with Crippen molar-refractivity contribution in [1.82, 2.24) is 9.55 Å². The van der Waals surface area contributed by atoms with Gasteiger partial charge in [0.2, 0.25) is 0 Å². The second-order valence-corrected chi connectivity index (χ2v) is 4.92. The molecule has 0 bridgehead atoms. The van der Waals surface area contributed by atoms with E-state index in [9.17, 15) is 9.59 Å². The van der Waals surface area contributed by atoms with Gasteiger partial charge in [-0.1, -0.05) is 30.3 Å². The molecule has 1 aromatic carbocycles. The van der Waals surface area contributed by atoms with Crippen molar-refractivity contribution < 1.29 is 19.1 Å². The van der Waals surface area contributed by atoms with Crippen molar-refractivity contribution in [2.75, 3.05) is 6.61 Å². The third-order valence-corrected chi connectivity index (χ3v) is 3.20. The quantitative estimate of drug-likeness (QED) is 0.698. The van der Waals surface area contributed by atoms with Crippen molar-refractivity contribution in [2.45, 2.75) is 32.9 Å². The maximum Gasteiger partial charge on any atom is 0.325 e. The molecule has 2 aromatic rings. The molecule has 0 saturated heterocycles. The van der Waals surface area contributed by atoms with Crippen LogP contribution in [0.3, 0.4) is 0 Å². The van der Waals surface area contributed by atoms with E-state index in [1.165, 1.54) is 0 Å². The lowest BCUT2D eigenvalue weighted by molar-refractivity contribution is -0.145. The maximum atomic E-state index is 11.8. The molecule has 0 fully saturated rings. The zero-order chi connectivity index (χ0) is 16.5. The Hall–Kier alpha value is -2.63. The van der Waals surface area contributed by atoms with E-state index in [0.29, 0.717) is 18.9 Å². The Balaban J connectivity index is 1.78. The van der Waals surface area contributed by atoms with Crippen molar-refractivity contribution >= 4 is 11.9 Å². The van der Waals surface area contributed by atoms with E-state index in [2.05, 4.69) is 4.98 Å². The van der Waals surface area contributed by atoms with Crippen LogP contribution in [0.5, 0.6) is 0 Å². The van der Waals surface area contributed by atoms with Gasteiger partial charge >= 0.3 is 11.9 Å². The molecule has 1 aromatic heterocycles. The molecule has 0 aliphatic rings. The molecule has 0 N–H and O–H groups in total. The summed E-state index contributed by atoms with van der Waals surface area (Å²) in [5.74, 6) is 0.0488. The van der Waals surface area contributed by atoms with Crippen LogP contribution in [0.4, 0.5) is 0 Å². The van der Waals surface area contributed by atoms with Crippen molar-refractivity contribution in [3.63, 3.8) is 0 Å². The van der Waals surface area contributed by atoms with Crippen LogP contribution in [-0.2, 0) is 38.6 Å². The lowest BCUT2D eigenvalue weighted by Crippen LogP contribution is -2.16. The van der Waals surface area contributed by atoms with Crippen molar-refractivity contribution in [2.24, 2.45) is 0 Å². The summed E-state index contributed by atoms with van der Waals surface area (Å²) in [6, 6.07) is 9.51. The lowest BCUT2D eigenvalue weighted by atomic mass is 10.2. The molecule has 0 saturated carbocycles. The largest absolute Gasteiger partial charge is 0.465 e. The Morgan fingerprint density at radius 1 is 1.13 bits per heavy atom. The fraction of sp³-hybridized carbons (Fsp3) is 0.353. The molecule has 0 atom stereocenters. The number of rotatable bonds is 8. The molecule has 122 valence electrons. The summed E-state index contributed by atoms with van der Waals surface area (Å²) in [7, 11) is 0. The van der Waals surface area contributed by atoms with Crippen LogP contribution in [0.1, 0.15) is 24.7 Å². The van der Waals surface area contributed by atoms with Gasteiger partial charge in [-0.3, -0.25) is 9.59 Å². The van der Waals surface area contributed by atoms with Crippen LogP contribution in [-0.4, -0.2) is 28.1 Å². The van der Waals surface area contributed by atoms with Crippen LogP contribution in [0.25, 0.3) is 0 Å². The predicted molar refractivity (Wildman–Crippen MR) is 83.4 cm³/mol. The highest BCUT2D eigenvalue weighted by Gasteiger charge is 2.11. The molecule has 6 heteroatoms. The van der Waals surface area contributed by atoms with Gasteiger partial charge in [0, 0.05) is 18.8 Å². The first-order valence-electron chi connectivity index (χ1n) is 7.54. The summed E-state index contributed by atoms with van der Waals surface area (Å²) in [4.78, 5) is 27.5. The molecule has 23 heavy (non-hydrogen) atoms. The molecule has 0 unspecified atom stereocenters. The summed E-state index contributed by atoms with van der Waals surface area (Å²) in [5.41, 5.74) is 0.949. The fourth-order valence-corrected chi connectivity index (χ4v) is 2.08. The molecule has 0 amide bonds. The average Bonchev–Trinajstić information content (AvgIpc) is 2.99. The number of aryl methyl sites for hydroxylation is 1. The molecule has 1 heterocycles. The van der Waals surface area contributed by atoms with Gasteiger partial charge in [-0.15, -0.1) is 0 Å². The van der Waals surface area contributed by atoms with Gasteiger partial charge in [0.05, 0.1) is 13.0 Å². The minimum absolute atomic E-state index is 0.0994. The molecule has 2 rings (SSSR count). The standard InChI is InChI=1S/C17H20N2O4/c1-2-22-17(21)12-19-11-10-18-15(19)8-9-16(20)23-13-14-6-4-3-5-7-14/h3-7,10-11H,2,8-9,12-13H2,1H3. The van der Waals surface area contributed by atoms with E-state index in [-0.39, 0.29) is 31.5 Å². The normalized spacial score (nSPS) is 10.3. The van der Waals surface area contributed by atoms with Crippen LogP contribution in [0.15, 0.2) is 42.7 Å². The highest BCUT2D eigenvalue weighted by Crippen LogP contribution is 2.06. The third-order valence-electron chi connectivity index (χ3n) is 3.20. The number of ether oxygens (including phenoxy) is 2. The summed E-state index contributed by atoms with van der Waals surface area (Å²) in [5, 5.41) is 0. The fourth-order valence-electron chi connectivity index (χ4n) is 2.08. The number of benzene rings is 1. The lowest BCUT2D eigenvalue weighted by Gasteiger charge is -2.08. The summed E-state index contributed by atoms with van der Waals surface area (Å²) in [6.45, 7) is 2.46. The van der Waals surface area contributed by atoms with Crippen molar-refractivity contribution in [3.8, 4) is 0 Å². The number of imidazole rings is 1. The third kappa shape index (κ3) is 5.58. The summed E-state index contributed by atoms with van der Waals surface area (Å²) >= 11 is 0. The van der Waals surface area contributed by atoms with Gasteiger partial charge in [0.15, 0.2) is 0 Å². The van der Waals surface area contributed by atoms with Gasteiger partial charge in [-0.25, -0.2) is 4.98 Å². The van der Waals surface area contributed by atoms with E-state index >= 15 is 0 Å². The Bertz CT molecular complexity index is 637. The first-order chi connectivity index (χ1) is 11.2. The van der Waals surface area contributed by atoms with Gasteiger partial charge in [0.1, 0.15) is 19.0 Å².